The van der Waals surface area contributed by atoms with E-state index in [4.69, 9.17) is 14.2 Å². The van der Waals surface area contributed by atoms with Crippen molar-refractivity contribution in [3.63, 3.8) is 0 Å². The van der Waals surface area contributed by atoms with Crippen LogP contribution >= 0.6 is 0 Å². The summed E-state index contributed by atoms with van der Waals surface area (Å²) >= 11 is 0. The number of ketones is 1. The van der Waals surface area contributed by atoms with Gasteiger partial charge in [-0.05, 0) is 56.9 Å². The molecule has 0 bridgehead atoms. The zero-order valence-corrected chi connectivity index (χ0v) is 23.2. The fraction of sp³-hybridized carbons (Fsp3) is 0.500. The van der Waals surface area contributed by atoms with Crippen molar-refractivity contribution in [3.8, 4) is 11.5 Å². The molecule has 2 fully saturated rings. The maximum absolute atomic E-state index is 13.9. The quantitative estimate of drug-likeness (QED) is 0.302. The summed E-state index contributed by atoms with van der Waals surface area (Å²) in [5.74, 6) is 0.114. The molecule has 2 atom stereocenters. The smallest absolute Gasteiger partial charge is 0.231 e. The number of carbonyl (C=O) groups is 3. The van der Waals surface area contributed by atoms with E-state index in [1.807, 2.05) is 36.1 Å². The maximum Gasteiger partial charge on any atom is 0.231 e. The Morgan fingerprint density at radius 2 is 1.82 bits per heavy atom. The number of hydrogen-bond donors (Lipinski definition) is 2. The van der Waals surface area contributed by atoms with Gasteiger partial charge in [-0.2, -0.15) is 0 Å². The first-order valence-corrected chi connectivity index (χ1v) is 13.6. The average Bonchev–Trinajstić information content (AvgIpc) is 3.77. The van der Waals surface area contributed by atoms with Gasteiger partial charge >= 0.3 is 0 Å². The van der Waals surface area contributed by atoms with Crippen LogP contribution in [0.2, 0.25) is 0 Å². The zero-order valence-electron chi connectivity index (χ0n) is 23.2. The number of carbonyl (C=O) groups excluding carboxylic acids is 3. The third-order valence-corrected chi connectivity index (χ3v) is 7.30. The number of amides is 2. The summed E-state index contributed by atoms with van der Waals surface area (Å²) in [5.41, 5.74) is 2.77. The molecule has 2 aromatic rings. The Hall–Kier alpha value is -3.43. The van der Waals surface area contributed by atoms with E-state index in [0.29, 0.717) is 67.6 Å². The number of hydrogen-bond acceptors (Lipinski definition) is 7. The summed E-state index contributed by atoms with van der Waals surface area (Å²) in [7, 11) is 3.21. The third kappa shape index (κ3) is 6.96. The summed E-state index contributed by atoms with van der Waals surface area (Å²) in [6, 6.07) is 11.1. The van der Waals surface area contributed by atoms with Crippen LogP contribution in [-0.4, -0.2) is 64.2 Å². The van der Waals surface area contributed by atoms with Gasteiger partial charge in [-0.25, -0.2) is 0 Å². The van der Waals surface area contributed by atoms with Crippen molar-refractivity contribution >= 4 is 29.0 Å². The van der Waals surface area contributed by atoms with Crippen LogP contribution in [0.3, 0.4) is 0 Å². The molecule has 1 saturated carbocycles. The Labute approximate surface area is 233 Å². The highest BCUT2D eigenvalue weighted by molar-refractivity contribution is 6.01. The summed E-state index contributed by atoms with van der Waals surface area (Å²) in [6.45, 7) is 5.40. The molecule has 4 rings (SSSR count). The summed E-state index contributed by atoms with van der Waals surface area (Å²) in [4.78, 5) is 41.2. The molecule has 0 unspecified atom stereocenters. The molecular weight excluding hydrogens is 498 g/mol. The SMILES string of the molecule is COCCCOc1cc(N(C(=O)[C@H]2CNC[C@@H](C(=O)Nc3c(C)cccc3OC)C2)C2CC2)ccc1C(C)=O.[HH].[HH]. The number of rotatable bonds is 12. The van der Waals surface area contributed by atoms with Gasteiger partial charge in [-0.3, -0.25) is 14.4 Å². The number of para-hydroxylation sites is 1. The molecule has 0 radical (unpaired) electrons. The second-order valence-electron chi connectivity index (χ2n) is 10.3. The monoisotopic (exact) mass is 541 g/mol. The fourth-order valence-electron chi connectivity index (χ4n) is 5.03. The molecule has 0 aromatic heterocycles. The van der Waals surface area contributed by atoms with E-state index in [-0.39, 0.29) is 38.3 Å². The van der Waals surface area contributed by atoms with Crippen molar-refractivity contribution in [2.75, 3.05) is 50.7 Å². The molecule has 1 heterocycles. The van der Waals surface area contributed by atoms with E-state index < -0.39 is 0 Å². The van der Waals surface area contributed by atoms with Gasteiger partial charge in [-0.1, -0.05) is 12.1 Å². The van der Waals surface area contributed by atoms with Gasteiger partial charge < -0.3 is 29.7 Å². The molecule has 1 aliphatic heterocycles. The molecule has 1 saturated heterocycles. The topological polar surface area (TPSA) is 106 Å². The van der Waals surface area contributed by atoms with E-state index in [2.05, 4.69) is 10.6 Å². The first kappa shape index (κ1) is 28.6. The van der Waals surface area contributed by atoms with Crippen LogP contribution in [0.1, 0.15) is 51.4 Å². The van der Waals surface area contributed by atoms with Gasteiger partial charge in [-0.15, -0.1) is 0 Å². The predicted molar refractivity (Wildman–Crippen MR) is 154 cm³/mol. The Morgan fingerprint density at radius 3 is 2.51 bits per heavy atom. The van der Waals surface area contributed by atoms with Crippen LogP contribution in [0.4, 0.5) is 11.4 Å². The van der Waals surface area contributed by atoms with Gasteiger partial charge in [0, 0.05) is 53.9 Å². The van der Waals surface area contributed by atoms with Crippen LogP contribution < -0.4 is 25.0 Å². The third-order valence-electron chi connectivity index (χ3n) is 7.30. The summed E-state index contributed by atoms with van der Waals surface area (Å²) in [6.07, 6.45) is 2.97. The minimum Gasteiger partial charge on any atom is -0.495 e. The first-order valence-electron chi connectivity index (χ1n) is 13.6. The van der Waals surface area contributed by atoms with Crippen molar-refractivity contribution in [2.45, 2.75) is 45.6 Å². The van der Waals surface area contributed by atoms with E-state index in [9.17, 15) is 14.4 Å². The summed E-state index contributed by atoms with van der Waals surface area (Å²) in [5, 5.41) is 6.32. The molecular formula is C30H43N3O6. The van der Waals surface area contributed by atoms with Crippen molar-refractivity contribution in [1.82, 2.24) is 5.32 Å². The van der Waals surface area contributed by atoms with Crippen LogP contribution in [0, 0.1) is 18.8 Å². The number of anilines is 2. The lowest BCUT2D eigenvalue weighted by atomic mass is 9.88. The second-order valence-corrected chi connectivity index (χ2v) is 10.3. The number of methoxy groups -OCH3 is 2. The predicted octanol–water partition coefficient (Wildman–Crippen LogP) is 4.47. The number of aryl methyl sites for hydroxylation is 1. The lowest BCUT2D eigenvalue weighted by molar-refractivity contribution is -0.125. The first-order chi connectivity index (χ1) is 18.8. The van der Waals surface area contributed by atoms with Crippen molar-refractivity contribution in [3.05, 3.63) is 47.5 Å². The van der Waals surface area contributed by atoms with Crippen molar-refractivity contribution in [1.29, 1.82) is 0 Å². The minimum absolute atomic E-state index is 0. The molecule has 2 aliphatic rings. The molecule has 2 amide bonds. The van der Waals surface area contributed by atoms with E-state index in [1.165, 1.54) is 6.92 Å². The highest BCUT2D eigenvalue weighted by atomic mass is 16.5. The number of ether oxygens (including phenoxy) is 3. The van der Waals surface area contributed by atoms with Gasteiger partial charge in [0.15, 0.2) is 5.78 Å². The molecule has 2 aromatic carbocycles. The second kappa shape index (κ2) is 13.1. The number of nitrogens with one attached hydrogen (secondary N) is 2. The van der Waals surface area contributed by atoms with Gasteiger partial charge in [0.05, 0.1) is 36.8 Å². The Morgan fingerprint density at radius 1 is 1.05 bits per heavy atom. The normalized spacial score (nSPS) is 18.8. The van der Waals surface area contributed by atoms with Crippen molar-refractivity contribution in [2.24, 2.45) is 11.8 Å². The number of nitrogens with zero attached hydrogens (tertiary/aromatic N) is 1. The van der Waals surface area contributed by atoms with Gasteiger partial charge in [0.25, 0.3) is 0 Å². The standard InChI is InChI=1S/C30H39N3O6.2H2/c1-19-7-5-8-26(38-4)28(19)32-29(35)21-15-22(18-31-17-21)30(36)33(23-9-10-23)24-11-12-25(20(2)34)27(16-24)39-14-6-13-37-3;;/h5,7-8,11-12,16,21-23,31H,6,9-10,13-15,17-18H2,1-4H3,(H,32,35);2*1H/t21-,22+;;/m0../s1. The Bertz CT molecular complexity index is 1210. The lowest BCUT2D eigenvalue weighted by Gasteiger charge is -2.33. The Kier molecular flexibility index (Phi) is 9.59. The largest absolute Gasteiger partial charge is 0.495 e. The van der Waals surface area contributed by atoms with E-state index in [0.717, 1.165) is 18.4 Å². The maximum atomic E-state index is 13.9. The molecule has 39 heavy (non-hydrogen) atoms. The average molecular weight is 542 g/mol. The highest BCUT2D eigenvalue weighted by Crippen LogP contribution is 2.37. The van der Waals surface area contributed by atoms with Crippen molar-refractivity contribution < 1.29 is 31.4 Å². The van der Waals surface area contributed by atoms with Crippen LogP contribution in [0.15, 0.2) is 36.4 Å². The van der Waals surface area contributed by atoms with E-state index >= 15 is 0 Å². The van der Waals surface area contributed by atoms with E-state index in [1.54, 1.807) is 26.4 Å². The van der Waals surface area contributed by atoms with Gasteiger partial charge in [0.2, 0.25) is 11.8 Å². The minimum atomic E-state index is -0.363. The molecule has 0 spiro atoms. The van der Waals surface area contributed by atoms with Gasteiger partial charge in [0.1, 0.15) is 11.5 Å². The molecule has 9 nitrogen and oxygen atoms in total. The molecule has 1 aliphatic carbocycles. The van der Waals surface area contributed by atoms with Crippen LogP contribution in [-0.2, 0) is 14.3 Å². The summed E-state index contributed by atoms with van der Waals surface area (Å²) < 4.78 is 16.5. The number of benzene rings is 2. The molecule has 9 heteroatoms. The fourth-order valence-corrected chi connectivity index (χ4v) is 5.03. The molecule has 2 N–H and O–H groups in total. The van der Waals surface area contributed by atoms with Crippen LogP contribution in [0.5, 0.6) is 11.5 Å². The number of Topliss-reactive ketones (excluding diaryl/α,β-unsaturated/α-hetero) is 1. The molecule has 214 valence electrons. The lowest BCUT2D eigenvalue weighted by Crippen LogP contribution is -2.49. The van der Waals surface area contributed by atoms with Crippen LogP contribution in [0.25, 0.3) is 0 Å². The Balaban J connectivity index is 0.00000294. The zero-order chi connectivity index (χ0) is 27.9. The highest BCUT2D eigenvalue weighted by Gasteiger charge is 2.40. The number of piperidine rings is 1.